The van der Waals surface area contributed by atoms with E-state index in [0.717, 1.165) is 31.1 Å². The van der Waals surface area contributed by atoms with Gasteiger partial charge < -0.3 is 9.30 Å². The van der Waals surface area contributed by atoms with Crippen LogP contribution in [-0.2, 0) is 22.6 Å². The van der Waals surface area contributed by atoms with E-state index in [9.17, 15) is 0 Å². The van der Waals surface area contributed by atoms with Crippen LogP contribution in [0.4, 0.5) is 0 Å². The largest absolute Gasteiger partial charge is 0.378 e. The highest BCUT2D eigenvalue weighted by Crippen LogP contribution is 2.23. The lowest BCUT2D eigenvalue weighted by molar-refractivity contribution is 0.0146. The summed E-state index contributed by atoms with van der Waals surface area (Å²) in [5.41, 5.74) is -0.0439. The monoisotopic (exact) mass is 271 g/mol. The second-order valence-electron chi connectivity index (χ2n) is 5.87. The summed E-state index contributed by atoms with van der Waals surface area (Å²) in [6.07, 6.45) is 4.66. The number of alkyl halides is 1. The first-order chi connectivity index (χ1) is 8.52. The Hall–Kier alpha value is -0.610. The van der Waals surface area contributed by atoms with Crippen LogP contribution in [0.5, 0.6) is 0 Å². The van der Waals surface area contributed by atoms with Crippen molar-refractivity contribution in [2.24, 2.45) is 0 Å². The van der Waals surface area contributed by atoms with Gasteiger partial charge >= 0.3 is 0 Å². The molecule has 2 heterocycles. The average Bonchev–Trinajstić information content (AvgIpc) is 2.73. The zero-order valence-electron chi connectivity index (χ0n) is 11.4. The van der Waals surface area contributed by atoms with Gasteiger partial charge in [0, 0.05) is 18.6 Å². The first-order valence-electron chi connectivity index (χ1n) is 6.63. The average molecular weight is 272 g/mol. The van der Waals surface area contributed by atoms with Crippen molar-refractivity contribution >= 4 is 11.6 Å². The molecule has 4 nitrogen and oxygen atoms in total. The number of ether oxygens (including phenoxy) is 1. The number of rotatable bonds is 3. The zero-order valence-corrected chi connectivity index (χ0v) is 12.2. The number of halogens is 1. The predicted octanol–water partition coefficient (Wildman–Crippen LogP) is 2.88. The van der Waals surface area contributed by atoms with Crippen LogP contribution in [0.25, 0.3) is 0 Å². The molecule has 0 aromatic carbocycles. The van der Waals surface area contributed by atoms with Crippen molar-refractivity contribution in [2.75, 3.05) is 6.61 Å². The molecule has 0 amide bonds. The van der Waals surface area contributed by atoms with Gasteiger partial charge in [-0.15, -0.1) is 21.8 Å². The highest BCUT2D eigenvalue weighted by atomic mass is 35.5. The van der Waals surface area contributed by atoms with Crippen LogP contribution >= 0.6 is 11.6 Å². The van der Waals surface area contributed by atoms with Crippen molar-refractivity contribution in [3.05, 3.63) is 11.6 Å². The third kappa shape index (κ3) is 3.04. The molecule has 18 heavy (non-hydrogen) atoms. The Morgan fingerprint density at radius 1 is 1.28 bits per heavy atom. The first-order valence-corrected chi connectivity index (χ1v) is 7.17. The third-order valence-corrected chi connectivity index (χ3v) is 3.51. The quantitative estimate of drug-likeness (QED) is 0.794. The molecule has 1 aromatic heterocycles. The molecule has 1 atom stereocenters. The van der Waals surface area contributed by atoms with Gasteiger partial charge in [-0.3, -0.25) is 0 Å². The molecule has 1 aliphatic heterocycles. The molecule has 1 fully saturated rings. The Morgan fingerprint density at radius 3 is 2.56 bits per heavy atom. The summed E-state index contributed by atoms with van der Waals surface area (Å²) in [5, 5.41) is 8.49. The summed E-state index contributed by atoms with van der Waals surface area (Å²) in [7, 11) is 0. The van der Waals surface area contributed by atoms with Gasteiger partial charge in [-0.25, -0.2) is 0 Å². The molecule has 1 unspecified atom stereocenters. The molecule has 1 aliphatic rings. The van der Waals surface area contributed by atoms with Crippen molar-refractivity contribution in [3.63, 3.8) is 0 Å². The number of nitrogens with zero attached hydrogens (tertiary/aromatic N) is 3. The fraction of sp³-hybridized carbons (Fsp3) is 0.846. The van der Waals surface area contributed by atoms with Crippen molar-refractivity contribution in [2.45, 2.75) is 64.0 Å². The lowest BCUT2D eigenvalue weighted by atomic mass is 10.0. The number of hydrogen-bond acceptors (Lipinski definition) is 3. The summed E-state index contributed by atoms with van der Waals surface area (Å²) in [4.78, 5) is 0. The van der Waals surface area contributed by atoms with Crippen LogP contribution in [0.3, 0.4) is 0 Å². The highest BCUT2D eigenvalue weighted by Gasteiger charge is 2.25. The predicted molar refractivity (Wildman–Crippen MR) is 71.9 cm³/mol. The summed E-state index contributed by atoms with van der Waals surface area (Å²) >= 11 is 5.94. The van der Waals surface area contributed by atoms with E-state index in [4.69, 9.17) is 16.3 Å². The Balaban J connectivity index is 2.19. The normalized spacial score (nSPS) is 21.2. The van der Waals surface area contributed by atoms with Gasteiger partial charge in [0.15, 0.2) is 0 Å². The summed E-state index contributed by atoms with van der Waals surface area (Å²) in [6, 6.07) is 0. The van der Waals surface area contributed by atoms with Gasteiger partial charge in [0.25, 0.3) is 0 Å². The minimum Gasteiger partial charge on any atom is -0.378 e. The van der Waals surface area contributed by atoms with Gasteiger partial charge in [0.1, 0.15) is 11.6 Å². The molecule has 0 spiro atoms. The highest BCUT2D eigenvalue weighted by molar-refractivity contribution is 6.16. The van der Waals surface area contributed by atoms with Gasteiger partial charge in [0.2, 0.25) is 0 Å². The molecule has 0 N–H and O–H groups in total. The summed E-state index contributed by atoms with van der Waals surface area (Å²) < 4.78 is 7.93. The van der Waals surface area contributed by atoms with Crippen molar-refractivity contribution < 1.29 is 4.74 Å². The molecule has 2 rings (SSSR count). The summed E-state index contributed by atoms with van der Waals surface area (Å²) in [5.74, 6) is 2.23. The Kier molecular flexibility index (Phi) is 4.28. The Morgan fingerprint density at radius 2 is 2.00 bits per heavy atom. The van der Waals surface area contributed by atoms with Crippen LogP contribution in [0, 0.1) is 0 Å². The second kappa shape index (κ2) is 5.57. The van der Waals surface area contributed by atoms with Crippen LogP contribution in [0.2, 0.25) is 0 Å². The molecule has 1 saturated heterocycles. The van der Waals surface area contributed by atoms with Gasteiger partial charge in [-0.2, -0.15) is 0 Å². The van der Waals surface area contributed by atoms with E-state index in [0.29, 0.717) is 5.88 Å². The van der Waals surface area contributed by atoms with E-state index < -0.39 is 0 Å². The molecular formula is C13H22ClN3O. The van der Waals surface area contributed by atoms with E-state index in [-0.39, 0.29) is 11.6 Å². The van der Waals surface area contributed by atoms with Crippen LogP contribution < -0.4 is 0 Å². The molecular weight excluding hydrogens is 250 g/mol. The first kappa shape index (κ1) is 13.8. The minimum absolute atomic E-state index is 0.0439. The topological polar surface area (TPSA) is 39.9 Å². The molecule has 0 aliphatic carbocycles. The van der Waals surface area contributed by atoms with Crippen LogP contribution in [-0.4, -0.2) is 27.5 Å². The van der Waals surface area contributed by atoms with Crippen LogP contribution in [0.15, 0.2) is 0 Å². The van der Waals surface area contributed by atoms with Crippen molar-refractivity contribution in [1.82, 2.24) is 14.8 Å². The number of hydrogen-bond donors (Lipinski definition) is 0. The van der Waals surface area contributed by atoms with Gasteiger partial charge in [0.05, 0.1) is 12.0 Å². The maximum atomic E-state index is 5.94. The molecule has 0 bridgehead atoms. The Labute approximate surface area is 114 Å². The van der Waals surface area contributed by atoms with Crippen LogP contribution in [0.1, 0.15) is 51.7 Å². The van der Waals surface area contributed by atoms with E-state index in [1.165, 1.54) is 12.8 Å². The third-order valence-electron chi connectivity index (χ3n) is 3.27. The lowest BCUT2D eigenvalue weighted by Gasteiger charge is -2.27. The maximum absolute atomic E-state index is 5.94. The molecule has 1 aromatic rings. The molecule has 102 valence electrons. The lowest BCUT2D eigenvalue weighted by Crippen LogP contribution is -2.29. The second-order valence-corrected chi connectivity index (χ2v) is 6.13. The van der Waals surface area contributed by atoms with E-state index in [1.807, 2.05) is 0 Å². The fourth-order valence-corrected chi connectivity index (χ4v) is 2.69. The molecule has 5 heteroatoms. The number of aromatic nitrogens is 3. The van der Waals surface area contributed by atoms with Crippen molar-refractivity contribution in [3.8, 4) is 0 Å². The van der Waals surface area contributed by atoms with E-state index in [2.05, 4.69) is 35.5 Å². The maximum Gasteiger partial charge on any atom is 0.148 e. The fourth-order valence-electron chi connectivity index (χ4n) is 2.52. The minimum atomic E-state index is -0.0439. The van der Waals surface area contributed by atoms with E-state index in [1.54, 1.807) is 0 Å². The zero-order chi connectivity index (χ0) is 13.2. The summed E-state index contributed by atoms with van der Waals surface area (Å²) in [6.45, 7) is 7.32. The SMILES string of the molecule is CC(C)(C)n1c(CCl)nnc1CC1CCCCO1. The smallest absolute Gasteiger partial charge is 0.148 e. The molecule has 0 saturated carbocycles. The van der Waals surface area contributed by atoms with Gasteiger partial charge in [-0.1, -0.05) is 0 Å². The van der Waals surface area contributed by atoms with Crippen molar-refractivity contribution in [1.29, 1.82) is 0 Å². The van der Waals surface area contributed by atoms with Gasteiger partial charge in [-0.05, 0) is 40.0 Å². The standard InChI is InChI=1S/C13H22ClN3O/c1-13(2,3)17-11(15-16-12(17)9-14)8-10-6-4-5-7-18-10/h10H,4-9H2,1-3H3. The Bertz CT molecular complexity index is 391. The molecule has 0 radical (unpaired) electrons. The van der Waals surface area contributed by atoms with E-state index >= 15 is 0 Å².